The number of fused-ring (bicyclic) bond motifs is 7. The van der Waals surface area contributed by atoms with E-state index in [1.54, 1.807) is 0 Å². The van der Waals surface area contributed by atoms with Gasteiger partial charge in [-0.2, -0.15) is 0 Å². The lowest BCUT2D eigenvalue weighted by Crippen LogP contribution is -2.15. The zero-order valence-electron chi connectivity index (χ0n) is 15.1. The summed E-state index contributed by atoms with van der Waals surface area (Å²) in [5, 5.41) is 2.47. The number of benzene rings is 2. The number of rotatable bonds is 1. The second-order valence-corrected chi connectivity index (χ2v) is 7.90. The molecule has 0 fully saturated rings. The topological polar surface area (TPSA) is 26.0 Å². The first-order valence-corrected chi connectivity index (χ1v) is 8.94. The summed E-state index contributed by atoms with van der Waals surface area (Å²) >= 11 is 0. The van der Waals surface area contributed by atoms with Crippen LogP contribution in [-0.2, 0) is 5.41 Å². The Kier molecular flexibility index (Phi) is 2.78. The predicted octanol–water partition coefficient (Wildman–Crippen LogP) is 6.41. The van der Waals surface area contributed by atoms with Crippen LogP contribution < -0.4 is 0 Å². The van der Waals surface area contributed by atoms with Crippen molar-refractivity contribution in [3.05, 3.63) is 65.4 Å². The Morgan fingerprint density at radius 2 is 1.80 bits per heavy atom. The van der Waals surface area contributed by atoms with Crippen molar-refractivity contribution in [3.8, 4) is 11.3 Å². The summed E-state index contributed by atoms with van der Waals surface area (Å²) < 4.78 is 6.18. The van der Waals surface area contributed by atoms with E-state index in [0.717, 1.165) is 16.9 Å². The minimum absolute atomic E-state index is 0.0803. The molecule has 0 N–H and O–H groups in total. The Morgan fingerprint density at radius 3 is 2.60 bits per heavy atom. The van der Waals surface area contributed by atoms with Crippen molar-refractivity contribution in [3.63, 3.8) is 0 Å². The molecule has 25 heavy (non-hydrogen) atoms. The highest BCUT2D eigenvalue weighted by Gasteiger charge is 2.38. The average Bonchev–Trinajstić information content (AvgIpc) is 3.08. The van der Waals surface area contributed by atoms with E-state index in [1.165, 1.54) is 33.0 Å². The second kappa shape index (κ2) is 4.72. The largest absolute Gasteiger partial charge is 0.456 e. The molecule has 4 aromatic rings. The van der Waals surface area contributed by atoms with Gasteiger partial charge in [0.15, 0.2) is 0 Å². The van der Waals surface area contributed by atoms with Crippen LogP contribution in [0.1, 0.15) is 50.3 Å². The molecule has 0 atom stereocenters. The molecule has 0 unspecified atom stereocenters. The quantitative estimate of drug-likeness (QED) is 0.403. The van der Waals surface area contributed by atoms with Crippen molar-refractivity contribution in [1.29, 1.82) is 0 Å². The molecular weight excluding hydrogens is 306 g/mol. The van der Waals surface area contributed by atoms with Crippen LogP contribution in [0.25, 0.3) is 33.2 Å². The van der Waals surface area contributed by atoms with Gasteiger partial charge in [0.05, 0.1) is 5.69 Å². The fourth-order valence-electron chi connectivity index (χ4n) is 4.35. The van der Waals surface area contributed by atoms with E-state index in [9.17, 15) is 0 Å². The lowest BCUT2D eigenvalue weighted by Gasteiger charge is -2.21. The molecule has 5 rings (SSSR count). The first-order chi connectivity index (χ1) is 12.0. The van der Waals surface area contributed by atoms with Gasteiger partial charge in [0.1, 0.15) is 11.2 Å². The maximum absolute atomic E-state index is 6.18. The number of furan rings is 1. The Hall–Kier alpha value is -2.61. The Balaban J connectivity index is 1.95. The molecule has 0 saturated carbocycles. The van der Waals surface area contributed by atoms with E-state index in [0.29, 0.717) is 5.92 Å². The van der Waals surface area contributed by atoms with Crippen molar-refractivity contribution in [2.24, 2.45) is 0 Å². The summed E-state index contributed by atoms with van der Waals surface area (Å²) in [5.74, 6) is 0.498. The molecule has 0 bridgehead atoms. The molecule has 2 heteroatoms. The summed E-state index contributed by atoms with van der Waals surface area (Å²) in [6, 6.07) is 15.1. The highest BCUT2D eigenvalue weighted by atomic mass is 16.3. The third kappa shape index (κ3) is 1.82. The van der Waals surface area contributed by atoms with Gasteiger partial charge in [-0.3, -0.25) is 4.98 Å². The van der Waals surface area contributed by atoms with E-state index in [1.807, 2.05) is 12.3 Å². The summed E-state index contributed by atoms with van der Waals surface area (Å²) in [4.78, 5) is 4.68. The van der Waals surface area contributed by atoms with Gasteiger partial charge in [-0.1, -0.05) is 39.8 Å². The first-order valence-electron chi connectivity index (χ1n) is 8.94. The maximum Gasteiger partial charge on any atom is 0.135 e. The molecule has 0 saturated heterocycles. The van der Waals surface area contributed by atoms with Gasteiger partial charge >= 0.3 is 0 Å². The van der Waals surface area contributed by atoms with Crippen molar-refractivity contribution in [2.45, 2.75) is 39.0 Å². The summed E-state index contributed by atoms with van der Waals surface area (Å²) in [5.41, 5.74) is 8.19. The molecular formula is C23H21NO. The van der Waals surface area contributed by atoms with E-state index in [-0.39, 0.29) is 5.41 Å². The van der Waals surface area contributed by atoms with Crippen LogP contribution in [0.15, 0.2) is 53.1 Å². The lowest BCUT2D eigenvalue weighted by molar-refractivity contribution is 0.656. The van der Waals surface area contributed by atoms with Crippen LogP contribution in [0.3, 0.4) is 0 Å². The van der Waals surface area contributed by atoms with Gasteiger partial charge in [-0.15, -0.1) is 0 Å². The smallest absolute Gasteiger partial charge is 0.135 e. The Morgan fingerprint density at radius 1 is 1.00 bits per heavy atom. The molecule has 2 aromatic heterocycles. The molecule has 0 spiro atoms. The SMILES string of the molecule is CC(C)c1ccc2oc3ccc4c(c3c2c1)C(C)(C)c1cccnc1-4. The van der Waals surface area contributed by atoms with Crippen LogP contribution in [-0.4, -0.2) is 4.98 Å². The summed E-state index contributed by atoms with van der Waals surface area (Å²) in [6.45, 7) is 9.06. The molecule has 0 aliphatic heterocycles. The van der Waals surface area contributed by atoms with Gasteiger partial charge < -0.3 is 4.42 Å². The van der Waals surface area contributed by atoms with E-state index in [4.69, 9.17) is 4.42 Å². The number of hydrogen-bond acceptors (Lipinski definition) is 2. The molecule has 2 nitrogen and oxygen atoms in total. The van der Waals surface area contributed by atoms with Gasteiger partial charge in [0.2, 0.25) is 0 Å². The second-order valence-electron chi connectivity index (χ2n) is 7.90. The first kappa shape index (κ1) is 14.7. The molecule has 2 heterocycles. The Labute approximate surface area is 147 Å². The molecule has 1 aliphatic rings. The normalized spacial score (nSPS) is 15.1. The third-order valence-corrected chi connectivity index (χ3v) is 5.69. The molecule has 2 aromatic carbocycles. The standard InChI is InChI=1S/C23H21NO/c1-13(2)14-7-9-18-16(12-14)20-19(25-18)10-8-15-21(20)23(3,4)17-6-5-11-24-22(15)17/h5-13H,1-4H3. The number of nitrogens with zero attached hydrogens (tertiary/aromatic N) is 1. The van der Waals surface area contributed by atoms with Crippen molar-refractivity contribution < 1.29 is 4.42 Å². The van der Waals surface area contributed by atoms with Crippen LogP contribution in [0.4, 0.5) is 0 Å². The zero-order valence-corrected chi connectivity index (χ0v) is 15.1. The highest BCUT2D eigenvalue weighted by Crippen LogP contribution is 2.52. The predicted molar refractivity (Wildman–Crippen MR) is 103 cm³/mol. The van der Waals surface area contributed by atoms with Crippen molar-refractivity contribution in [2.75, 3.05) is 0 Å². The number of pyridine rings is 1. The molecule has 0 radical (unpaired) electrons. The van der Waals surface area contributed by atoms with Gasteiger partial charge in [-0.05, 0) is 52.9 Å². The summed E-state index contributed by atoms with van der Waals surface area (Å²) in [7, 11) is 0. The minimum Gasteiger partial charge on any atom is -0.456 e. The van der Waals surface area contributed by atoms with Gasteiger partial charge in [0.25, 0.3) is 0 Å². The highest BCUT2D eigenvalue weighted by molar-refractivity contribution is 6.10. The number of aromatic nitrogens is 1. The molecule has 0 amide bonds. The Bertz CT molecular complexity index is 1150. The third-order valence-electron chi connectivity index (χ3n) is 5.69. The zero-order chi connectivity index (χ0) is 17.3. The minimum atomic E-state index is -0.0803. The van der Waals surface area contributed by atoms with Crippen LogP contribution in [0.2, 0.25) is 0 Å². The lowest BCUT2D eigenvalue weighted by atomic mass is 9.80. The monoisotopic (exact) mass is 327 g/mol. The van der Waals surface area contributed by atoms with Crippen LogP contribution in [0, 0.1) is 0 Å². The average molecular weight is 327 g/mol. The van der Waals surface area contributed by atoms with E-state index >= 15 is 0 Å². The maximum atomic E-state index is 6.18. The fraction of sp³-hybridized carbons (Fsp3) is 0.261. The molecule has 1 aliphatic carbocycles. The van der Waals surface area contributed by atoms with Crippen LogP contribution in [0.5, 0.6) is 0 Å². The summed E-state index contributed by atoms with van der Waals surface area (Å²) in [6.07, 6.45) is 1.89. The van der Waals surface area contributed by atoms with E-state index in [2.05, 4.69) is 69.1 Å². The van der Waals surface area contributed by atoms with Crippen LogP contribution >= 0.6 is 0 Å². The van der Waals surface area contributed by atoms with Crippen molar-refractivity contribution in [1.82, 2.24) is 4.98 Å². The number of hydrogen-bond donors (Lipinski definition) is 0. The van der Waals surface area contributed by atoms with E-state index < -0.39 is 0 Å². The van der Waals surface area contributed by atoms with Gasteiger partial charge in [0, 0.05) is 27.9 Å². The van der Waals surface area contributed by atoms with Crippen molar-refractivity contribution >= 4 is 21.9 Å². The molecule has 124 valence electrons. The van der Waals surface area contributed by atoms with Gasteiger partial charge in [-0.25, -0.2) is 0 Å². The fourth-order valence-corrected chi connectivity index (χ4v) is 4.35.